The van der Waals surface area contributed by atoms with E-state index >= 15 is 0 Å². The van der Waals surface area contributed by atoms with E-state index in [2.05, 4.69) is 5.10 Å². The molecule has 0 bridgehead atoms. The van der Waals surface area contributed by atoms with Gasteiger partial charge in [-0.05, 0) is 38.0 Å². The Bertz CT molecular complexity index is 882. The van der Waals surface area contributed by atoms with Gasteiger partial charge in [-0.3, -0.25) is 14.3 Å². The van der Waals surface area contributed by atoms with Crippen molar-refractivity contribution in [2.75, 3.05) is 19.7 Å². The summed E-state index contributed by atoms with van der Waals surface area (Å²) in [6, 6.07) is 7.12. The predicted octanol–water partition coefficient (Wildman–Crippen LogP) is 2.56. The smallest absolute Gasteiger partial charge is 0.257 e. The first kappa shape index (κ1) is 20.2. The van der Waals surface area contributed by atoms with Gasteiger partial charge in [-0.2, -0.15) is 5.10 Å². The molecule has 0 saturated carbocycles. The van der Waals surface area contributed by atoms with Crippen molar-refractivity contribution in [3.05, 3.63) is 46.7 Å². The Morgan fingerprint density at radius 1 is 1.39 bits per heavy atom. The number of carbonyl (C=O) groups is 2. The van der Waals surface area contributed by atoms with E-state index in [-0.39, 0.29) is 18.9 Å². The number of nitrogens with two attached hydrogens (primary N) is 1. The molecule has 2 aromatic rings. The molecule has 1 aromatic carbocycles. The fourth-order valence-electron chi connectivity index (χ4n) is 3.84. The lowest BCUT2D eigenvalue weighted by Gasteiger charge is -2.42. The van der Waals surface area contributed by atoms with Gasteiger partial charge in [0.1, 0.15) is 5.75 Å². The van der Waals surface area contributed by atoms with Crippen LogP contribution in [-0.2, 0) is 11.8 Å². The molecule has 0 spiro atoms. The standard InChI is InChI=1S/C20H25ClN4O3/c1-14-17(11-24(2)23-14)19(27)25-8-4-7-20(12-25,10-18(22)26)13-28-16-6-3-5-15(21)9-16/h3,5-6,9,11H,4,7-8,10,12-13H2,1-2H3,(H2,22,26). The number of primary amides is 1. The third-order valence-electron chi connectivity index (χ3n) is 5.08. The van der Waals surface area contributed by atoms with Crippen LogP contribution in [-0.4, -0.2) is 46.2 Å². The van der Waals surface area contributed by atoms with Gasteiger partial charge in [0.15, 0.2) is 0 Å². The Kier molecular flexibility index (Phi) is 5.93. The lowest BCUT2D eigenvalue weighted by Crippen LogP contribution is -2.50. The molecule has 1 saturated heterocycles. The summed E-state index contributed by atoms with van der Waals surface area (Å²) in [6.45, 7) is 3.14. The van der Waals surface area contributed by atoms with E-state index in [0.717, 1.165) is 12.8 Å². The number of likely N-dealkylation sites (tertiary alicyclic amines) is 1. The SMILES string of the molecule is Cc1nn(C)cc1C(=O)N1CCCC(COc2cccc(Cl)c2)(CC(N)=O)C1. The molecule has 2 N–H and O–H groups in total. The summed E-state index contributed by atoms with van der Waals surface area (Å²) in [6.07, 6.45) is 3.41. The van der Waals surface area contributed by atoms with Gasteiger partial charge in [-0.25, -0.2) is 0 Å². The van der Waals surface area contributed by atoms with E-state index in [9.17, 15) is 9.59 Å². The molecule has 1 fully saturated rings. The van der Waals surface area contributed by atoms with Gasteiger partial charge < -0.3 is 15.4 Å². The number of aryl methyl sites for hydroxylation is 2. The quantitative estimate of drug-likeness (QED) is 0.801. The summed E-state index contributed by atoms with van der Waals surface area (Å²) >= 11 is 6.02. The second-order valence-electron chi connectivity index (χ2n) is 7.52. The molecule has 1 unspecified atom stereocenters. The molecular formula is C20H25ClN4O3. The molecule has 8 heteroatoms. The van der Waals surface area contributed by atoms with Crippen molar-refractivity contribution >= 4 is 23.4 Å². The van der Waals surface area contributed by atoms with E-state index < -0.39 is 11.3 Å². The number of amides is 2. The zero-order chi connectivity index (χ0) is 20.3. The van der Waals surface area contributed by atoms with Gasteiger partial charge in [-0.1, -0.05) is 17.7 Å². The van der Waals surface area contributed by atoms with Crippen molar-refractivity contribution in [1.29, 1.82) is 0 Å². The molecule has 3 rings (SSSR count). The highest BCUT2D eigenvalue weighted by molar-refractivity contribution is 6.30. The molecule has 7 nitrogen and oxygen atoms in total. The summed E-state index contributed by atoms with van der Waals surface area (Å²) in [5.41, 5.74) is 6.27. The molecule has 0 aliphatic carbocycles. The van der Waals surface area contributed by atoms with Gasteiger partial charge >= 0.3 is 0 Å². The summed E-state index contributed by atoms with van der Waals surface area (Å²) in [5, 5.41) is 4.83. The Balaban J connectivity index is 1.78. The van der Waals surface area contributed by atoms with Crippen molar-refractivity contribution in [1.82, 2.24) is 14.7 Å². The fourth-order valence-corrected chi connectivity index (χ4v) is 4.02. The van der Waals surface area contributed by atoms with Crippen LogP contribution in [0.2, 0.25) is 5.02 Å². The molecule has 150 valence electrons. The van der Waals surface area contributed by atoms with E-state index in [1.165, 1.54) is 0 Å². The number of hydrogen-bond acceptors (Lipinski definition) is 4. The zero-order valence-corrected chi connectivity index (χ0v) is 16.9. The van der Waals surface area contributed by atoms with E-state index in [0.29, 0.717) is 35.1 Å². The van der Waals surface area contributed by atoms with Crippen molar-refractivity contribution < 1.29 is 14.3 Å². The molecule has 1 aliphatic rings. The molecule has 0 radical (unpaired) electrons. The van der Waals surface area contributed by atoms with Crippen LogP contribution in [0.15, 0.2) is 30.5 Å². The zero-order valence-electron chi connectivity index (χ0n) is 16.2. The molecule has 2 heterocycles. The van der Waals surface area contributed by atoms with Crippen LogP contribution in [0.1, 0.15) is 35.3 Å². The third kappa shape index (κ3) is 4.65. The second kappa shape index (κ2) is 8.22. The summed E-state index contributed by atoms with van der Waals surface area (Å²) in [7, 11) is 1.79. The van der Waals surface area contributed by atoms with Gasteiger partial charge in [0.25, 0.3) is 5.91 Å². The average molecular weight is 405 g/mol. The van der Waals surface area contributed by atoms with Crippen molar-refractivity contribution in [2.24, 2.45) is 18.2 Å². The maximum atomic E-state index is 13.0. The van der Waals surface area contributed by atoms with Gasteiger partial charge in [0.05, 0.1) is 17.9 Å². The van der Waals surface area contributed by atoms with Crippen molar-refractivity contribution in [3.63, 3.8) is 0 Å². The van der Waals surface area contributed by atoms with E-state index in [4.69, 9.17) is 22.1 Å². The Morgan fingerprint density at radius 3 is 2.82 bits per heavy atom. The number of piperidine rings is 1. The number of ether oxygens (including phenoxy) is 1. The van der Waals surface area contributed by atoms with Crippen LogP contribution in [0.5, 0.6) is 5.75 Å². The minimum Gasteiger partial charge on any atom is -0.493 e. The van der Waals surface area contributed by atoms with Crippen molar-refractivity contribution in [3.8, 4) is 5.75 Å². The second-order valence-corrected chi connectivity index (χ2v) is 7.96. The normalized spacial score (nSPS) is 19.5. The topological polar surface area (TPSA) is 90.4 Å². The van der Waals surface area contributed by atoms with Crippen LogP contribution < -0.4 is 10.5 Å². The molecule has 1 aromatic heterocycles. The highest BCUT2D eigenvalue weighted by Gasteiger charge is 2.40. The number of carbonyl (C=O) groups excluding carboxylic acids is 2. The minimum atomic E-state index is -0.530. The monoisotopic (exact) mass is 404 g/mol. The lowest BCUT2D eigenvalue weighted by molar-refractivity contribution is -0.122. The lowest BCUT2D eigenvalue weighted by atomic mass is 9.77. The number of rotatable bonds is 6. The number of aromatic nitrogens is 2. The molecule has 1 atom stereocenters. The highest BCUT2D eigenvalue weighted by Crippen LogP contribution is 2.35. The molecule has 2 amide bonds. The average Bonchev–Trinajstić information content (AvgIpc) is 2.97. The van der Waals surface area contributed by atoms with Gasteiger partial charge in [0, 0.05) is 43.2 Å². The van der Waals surface area contributed by atoms with Crippen LogP contribution in [0.25, 0.3) is 0 Å². The summed E-state index contributed by atoms with van der Waals surface area (Å²) < 4.78 is 7.58. The van der Waals surface area contributed by atoms with E-state index in [1.54, 1.807) is 41.0 Å². The first-order valence-electron chi connectivity index (χ1n) is 9.24. The first-order chi connectivity index (χ1) is 13.3. The summed E-state index contributed by atoms with van der Waals surface area (Å²) in [4.78, 5) is 26.6. The molecule has 28 heavy (non-hydrogen) atoms. The fraction of sp³-hybridized carbons (Fsp3) is 0.450. The Morgan fingerprint density at radius 2 is 2.18 bits per heavy atom. The van der Waals surface area contributed by atoms with Gasteiger partial charge in [-0.15, -0.1) is 0 Å². The highest BCUT2D eigenvalue weighted by atomic mass is 35.5. The minimum absolute atomic E-state index is 0.0816. The van der Waals surface area contributed by atoms with Crippen LogP contribution in [0.4, 0.5) is 0 Å². The molecular weight excluding hydrogens is 380 g/mol. The molecule has 1 aliphatic heterocycles. The maximum absolute atomic E-state index is 13.0. The number of benzene rings is 1. The largest absolute Gasteiger partial charge is 0.493 e. The third-order valence-corrected chi connectivity index (χ3v) is 5.32. The number of hydrogen-bond donors (Lipinski definition) is 1. The maximum Gasteiger partial charge on any atom is 0.257 e. The van der Waals surface area contributed by atoms with E-state index in [1.807, 2.05) is 13.0 Å². The predicted molar refractivity (Wildman–Crippen MR) is 106 cm³/mol. The van der Waals surface area contributed by atoms with Crippen LogP contribution >= 0.6 is 11.6 Å². The first-order valence-corrected chi connectivity index (χ1v) is 9.62. The van der Waals surface area contributed by atoms with Crippen LogP contribution in [0.3, 0.4) is 0 Å². The summed E-state index contributed by atoms with van der Waals surface area (Å²) in [5.74, 6) is 0.145. The Labute approximate surface area is 169 Å². The Hall–Kier alpha value is -2.54. The van der Waals surface area contributed by atoms with Gasteiger partial charge in [0.2, 0.25) is 5.91 Å². The van der Waals surface area contributed by atoms with Crippen LogP contribution in [0, 0.1) is 12.3 Å². The number of halogens is 1. The number of nitrogens with zero attached hydrogens (tertiary/aromatic N) is 3. The van der Waals surface area contributed by atoms with Crippen molar-refractivity contribution in [2.45, 2.75) is 26.2 Å².